The lowest BCUT2D eigenvalue weighted by Crippen LogP contribution is -2.24. The molecule has 0 aliphatic rings. The van der Waals surface area contributed by atoms with E-state index in [-0.39, 0.29) is 5.91 Å². The summed E-state index contributed by atoms with van der Waals surface area (Å²) in [7, 11) is 0. The topological polar surface area (TPSA) is 66.9 Å². The molecule has 0 atom stereocenters. The summed E-state index contributed by atoms with van der Waals surface area (Å²) in [5.41, 5.74) is 0. The zero-order valence-electron chi connectivity index (χ0n) is 11.2. The lowest BCUT2D eigenvalue weighted by atomic mass is 10.3. The Labute approximate surface area is 116 Å². The number of rotatable bonds is 6. The molecule has 0 bridgehead atoms. The fourth-order valence-electron chi connectivity index (χ4n) is 1.80. The summed E-state index contributed by atoms with van der Waals surface area (Å²) in [5, 5.41) is 7.02. The third kappa shape index (κ3) is 3.41. The van der Waals surface area contributed by atoms with Gasteiger partial charge in [0.2, 0.25) is 5.91 Å². The second kappa shape index (κ2) is 6.47. The van der Waals surface area contributed by atoms with Crippen LogP contribution in [0.5, 0.6) is 0 Å². The maximum Gasteiger partial charge on any atom is 0.221 e. The minimum absolute atomic E-state index is 0.0554. The van der Waals surface area contributed by atoms with Gasteiger partial charge in [-0.3, -0.25) is 4.79 Å². The number of fused-ring (bicyclic) bond motifs is 1. The largest absolute Gasteiger partial charge is 0.369 e. The van der Waals surface area contributed by atoms with Crippen LogP contribution in [0.15, 0.2) is 12.4 Å². The van der Waals surface area contributed by atoms with Crippen LogP contribution in [0.25, 0.3) is 10.2 Å². The van der Waals surface area contributed by atoms with E-state index in [0.717, 1.165) is 22.5 Å². The van der Waals surface area contributed by atoms with Gasteiger partial charge in [0.1, 0.15) is 17.0 Å². The van der Waals surface area contributed by atoms with Crippen LogP contribution in [-0.4, -0.2) is 29.0 Å². The molecule has 0 saturated heterocycles. The Balaban J connectivity index is 2.04. The number of aryl methyl sites for hydroxylation is 1. The number of hydrogen-bond acceptors (Lipinski definition) is 5. The fourth-order valence-corrected chi connectivity index (χ4v) is 2.74. The number of carbonyl (C=O) groups is 1. The lowest BCUT2D eigenvalue weighted by Gasteiger charge is -2.06. The highest BCUT2D eigenvalue weighted by Gasteiger charge is 2.08. The van der Waals surface area contributed by atoms with Crippen molar-refractivity contribution >= 4 is 33.3 Å². The van der Waals surface area contributed by atoms with Crippen molar-refractivity contribution in [2.24, 2.45) is 0 Å². The van der Waals surface area contributed by atoms with E-state index in [1.807, 2.05) is 6.92 Å². The minimum Gasteiger partial charge on any atom is -0.369 e. The molecular formula is C13H18N4OS. The highest BCUT2D eigenvalue weighted by atomic mass is 32.1. The first-order chi connectivity index (χ1) is 9.24. The number of nitrogens with zero attached hydrogens (tertiary/aromatic N) is 2. The first-order valence-corrected chi connectivity index (χ1v) is 7.30. The van der Waals surface area contributed by atoms with E-state index < -0.39 is 0 Å². The van der Waals surface area contributed by atoms with Gasteiger partial charge in [0.05, 0.1) is 5.39 Å². The molecule has 2 heterocycles. The summed E-state index contributed by atoms with van der Waals surface area (Å²) in [4.78, 5) is 22.2. The number of aromatic nitrogens is 2. The number of thiophene rings is 1. The summed E-state index contributed by atoms with van der Waals surface area (Å²) < 4.78 is 0. The van der Waals surface area contributed by atoms with E-state index in [9.17, 15) is 4.79 Å². The van der Waals surface area contributed by atoms with Crippen LogP contribution in [0, 0.1) is 0 Å². The van der Waals surface area contributed by atoms with E-state index in [4.69, 9.17) is 0 Å². The van der Waals surface area contributed by atoms with Crippen LogP contribution in [0.2, 0.25) is 0 Å². The van der Waals surface area contributed by atoms with Crippen molar-refractivity contribution in [1.82, 2.24) is 15.3 Å². The number of amides is 1. The predicted molar refractivity (Wildman–Crippen MR) is 78.6 cm³/mol. The van der Waals surface area contributed by atoms with E-state index in [1.54, 1.807) is 17.7 Å². The Hall–Kier alpha value is -1.69. The molecule has 0 aromatic carbocycles. The van der Waals surface area contributed by atoms with Gasteiger partial charge in [-0.2, -0.15) is 0 Å². The van der Waals surface area contributed by atoms with Gasteiger partial charge < -0.3 is 10.6 Å². The summed E-state index contributed by atoms with van der Waals surface area (Å²) >= 11 is 1.69. The molecule has 0 aliphatic carbocycles. The molecule has 0 aliphatic heterocycles. The summed E-state index contributed by atoms with van der Waals surface area (Å²) in [6, 6.07) is 2.12. The standard InChI is InChI=1S/C13H18N4OS/c1-3-9-7-10-12(16-8-17-13(10)19-9)15-6-5-11(18)14-4-2/h7-8H,3-6H2,1-2H3,(H,14,18)(H,15,16,17). The minimum atomic E-state index is 0.0554. The summed E-state index contributed by atoms with van der Waals surface area (Å²) in [6.45, 7) is 5.29. The van der Waals surface area contributed by atoms with Crippen molar-refractivity contribution in [2.45, 2.75) is 26.7 Å². The molecule has 2 aromatic rings. The quantitative estimate of drug-likeness (QED) is 0.850. The van der Waals surface area contributed by atoms with E-state index in [2.05, 4.69) is 33.6 Å². The predicted octanol–water partition coefficient (Wildman–Crippen LogP) is 2.19. The Kier molecular flexibility index (Phi) is 4.68. The van der Waals surface area contributed by atoms with E-state index in [1.165, 1.54) is 4.88 Å². The Morgan fingerprint density at radius 1 is 1.37 bits per heavy atom. The molecule has 6 heteroatoms. The highest BCUT2D eigenvalue weighted by Crippen LogP contribution is 2.28. The smallest absolute Gasteiger partial charge is 0.221 e. The zero-order chi connectivity index (χ0) is 13.7. The summed E-state index contributed by atoms with van der Waals surface area (Å²) in [6.07, 6.45) is 3.01. The molecule has 1 amide bonds. The second-order valence-corrected chi connectivity index (χ2v) is 5.25. The summed E-state index contributed by atoms with van der Waals surface area (Å²) in [5.74, 6) is 0.866. The van der Waals surface area contributed by atoms with Gasteiger partial charge in [0.25, 0.3) is 0 Å². The molecule has 5 nitrogen and oxygen atoms in total. The van der Waals surface area contributed by atoms with Crippen molar-refractivity contribution in [3.8, 4) is 0 Å². The number of hydrogen-bond donors (Lipinski definition) is 2. The lowest BCUT2D eigenvalue weighted by molar-refractivity contribution is -0.120. The first-order valence-electron chi connectivity index (χ1n) is 6.48. The molecule has 0 spiro atoms. The van der Waals surface area contributed by atoms with Gasteiger partial charge in [-0.15, -0.1) is 11.3 Å². The zero-order valence-corrected chi connectivity index (χ0v) is 12.0. The molecule has 2 N–H and O–H groups in total. The van der Waals surface area contributed by atoms with Gasteiger partial charge in [-0.1, -0.05) is 6.92 Å². The molecule has 0 saturated carbocycles. The van der Waals surface area contributed by atoms with Gasteiger partial charge in [-0.05, 0) is 19.4 Å². The normalized spacial score (nSPS) is 10.6. The SMILES string of the molecule is CCNC(=O)CCNc1ncnc2sc(CC)cc12. The average Bonchev–Trinajstić information content (AvgIpc) is 2.83. The molecule has 2 aromatic heterocycles. The molecule has 19 heavy (non-hydrogen) atoms. The molecule has 2 rings (SSSR count). The Morgan fingerprint density at radius 2 is 2.21 bits per heavy atom. The number of nitrogens with one attached hydrogen (secondary N) is 2. The first kappa shape index (κ1) is 13.7. The van der Waals surface area contributed by atoms with E-state index in [0.29, 0.717) is 19.5 Å². The van der Waals surface area contributed by atoms with Crippen molar-refractivity contribution < 1.29 is 4.79 Å². The van der Waals surface area contributed by atoms with E-state index >= 15 is 0 Å². The molecule has 102 valence electrons. The second-order valence-electron chi connectivity index (χ2n) is 4.14. The number of carbonyl (C=O) groups excluding carboxylic acids is 1. The Morgan fingerprint density at radius 3 is 2.95 bits per heavy atom. The van der Waals surface area contributed by atoms with Crippen LogP contribution in [-0.2, 0) is 11.2 Å². The van der Waals surface area contributed by atoms with Gasteiger partial charge >= 0.3 is 0 Å². The Bertz CT molecular complexity index is 567. The van der Waals surface area contributed by atoms with Crippen molar-refractivity contribution in [3.05, 3.63) is 17.3 Å². The van der Waals surface area contributed by atoms with Crippen LogP contribution in [0.3, 0.4) is 0 Å². The van der Waals surface area contributed by atoms with Crippen LogP contribution in [0.4, 0.5) is 5.82 Å². The van der Waals surface area contributed by atoms with Crippen LogP contribution < -0.4 is 10.6 Å². The van der Waals surface area contributed by atoms with Gasteiger partial charge in [-0.25, -0.2) is 9.97 Å². The van der Waals surface area contributed by atoms with Gasteiger partial charge in [0.15, 0.2) is 0 Å². The average molecular weight is 278 g/mol. The maximum absolute atomic E-state index is 11.4. The molecular weight excluding hydrogens is 260 g/mol. The van der Waals surface area contributed by atoms with Crippen LogP contribution in [0.1, 0.15) is 25.1 Å². The van der Waals surface area contributed by atoms with Gasteiger partial charge in [0, 0.05) is 24.4 Å². The fraction of sp³-hybridized carbons (Fsp3) is 0.462. The van der Waals surface area contributed by atoms with Crippen molar-refractivity contribution in [3.63, 3.8) is 0 Å². The van der Waals surface area contributed by atoms with Crippen LogP contribution >= 0.6 is 11.3 Å². The molecule has 0 radical (unpaired) electrons. The molecule has 0 fully saturated rings. The third-order valence-corrected chi connectivity index (χ3v) is 3.93. The van der Waals surface area contributed by atoms with Crippen molar-refractivity contribution in [2.75, 3.05) is 18.4 Å². The maximum atomic E-state index is 11.4. The van der Waals surface area contributed by atoms with Crippen molar-refractivity contribution in [1.29, 1.82) is 0 Å². The third-order valence-electron chi connectivity index (χ3n) is 2.75. The highest BCUT2D eigenvalue weighted by molar-refractivity contribution is 7.18. The molecule has 0 unspecified atom stereocenters. The number of anilines is 1. The monoisotopic (exact) mass is 278 g/mol.